The topological polar surface area (TPSA) is 89.6 Å². The molecule has 0 aromatic heterocycles. The number of benzene rings is 1. The first kappa shape index (κ1) is 28.8. The lowest BCUT2D eigenvalue weighted by molar-refractivity contribution is -0.122. The van der Waals surface area contributed by atoms with Gasteiger partial charge in [-0.3, -0.25) is 14.5 Å². The van der Waals surface area contributed by atoms with Gasteiger partial charge in [0.15, 0.2) is 0 Å². The van der Waals surface area contributed by atoms with E-state index in [-0.39, 0.29) is 35.8 Å². The second kappa shape index (κ2) is 13.7. The van der Waals surface area contributed by atoms with Gasteiger partial charge in [-0.25, -0.2) is 0 Å². The Balaban J connectivity index is 1.56. The van der Waals surface area contributed by atoms with E-state index in [1.165, 1.54) is 0 Å². The fourth-order valence-corrected chi connectivity index (χ4v) is 5.65. The third-order valence-electron chi connectivity index (χ3n) is 8.27. The van der Waals surface area contributed by atoms with Gasteiger partial charge in [0.1, 0.15) is 12.4 Å². The van der Waals surface area contributed by atoms with E-state index in [1.54, 1.807) is 31.2 Å². The molecule has 0 saturated carbocycles. The Kier molecular flexibility index (Phi) is 10.4. The van der Waals surface area contributed by atoms with E-state index in [2.05, 4.69) is 24.1 Å². The molecule has 38 heavy (non-hydrogen) atoms. The fraction of sp³-hybridized carbons (Fsp3) is 0.724. The van der Waals surface area contributed by atoms with Gasteiger partial charge in [-0.1, -0.05) is 6.92 Å². The Hall–Kier alpha value is -2.20. The average molecular weight is 532 g/mol. The predicted molar refractivity (Wildman–Crippen MR) is 146 cm³/mol. The van der Waals surface area contributed by atoms with Crippen molar-refractivity contribution in [3.8, 4) is 5.75 Å². The van der Waals surface area contributed by atoms with Crippen LogP contribution in [-0.4, -0.2) is 101 Å². The summed E-state index contributed by atoms with van der Waals surface area (Å²) in [6.45, 7) is 10.0. The molecule has 3 aliphatic rings. The molecule has 0 bridgehead atoms. The molecule has 0 unspecified atom stereocenters. The third kappa shape index (κ3) is 7.46. The molecule has 3 atom stereocenters. The zero-order valence-corrected chi connectivity index (χ0v) is 23.4. The summed E-state index contributed by atoms with van der Waals surface area (Å²) in [4.78, 5) is 30.6. The molecule has 2 amide bonds. The van der Waals surface area contributed by atoms with E-state index in [9.17, 15) is 9.59 Å². The first-order chi connectivity index (χ1) is 18.4. The van der Waals surface area contributed by atoms with E-state index in [1.807, 2.05) is 6.07 Å². The number of anilines is 1. The molecular formula is C29H45N3O6. The van der Waals surface area contributed by atoms with Crippen molar-refractivity contribution in [1.82, 2.24) is 9.80 Å². The van der Waals surface area contributed by atoms with Crippen LogP contribution in [-0.2, 0) is 19.0 Å². The quantitative estimate of drug-likeness (QED) is 0.624. The van der Waals surface area contributed by atoms with Crippen LogP contribution < -0.4 is 10.1 Å². The monoisotopic (exact) mass is 531 g/mol. The van der Waals surface area contributed by atoms with Crippen molar-refractivity contribution in [1.29, 1.82) is 0 Å². The second-order valence-electron chi connectivity index (χ2n) is 11.2. The largest absolute Gasteiger partial charge is 0.491 e. The molecule has 9 nitrogen and oxygen atoms in total. The summed E-state index contributed by atoms with van der Waals surface area (Å²) >= 11 is 0. The number of amides is 2. The Morgan fingerprint density at radius 1 is 1.05 bits per heavy atom. The lowest BCUT2D eigenvalue weighted by Crippen LogP contribution is -2.48. The molecule has 1 aromatic carbocycles. The zero-order chi connectivity index (χ0) is 27.1. The lowest BCUT2D eigenvalue weighted by atomic mass is 9.96. The van der Waals surface area contributed by atoms with Crippen LogP contribution >= 0.6 is 0 Å². The minimum Gasteiger partial charge on any atom is -0.491 e. The highest BCUT2D eigenvalue weighted by atomic mass is 16.5. The summed E-state index contributed by atoms with van der Waals surface area (Å²) in [6, 6.07) is 5.52. The average Bonchev–Trinajstić information content (AvgIpc) is 2.94. The summed E-state index contributed by atoms with van der Waals surface area (Å²) in [5.41, 5.74) is 1.05. The fourth-order valence-electron chi connectivity index (χ4n) is 5.65. The Morgan fingerprint density at radius 3 is 2.42 bits per heavy atom. The number of likely N-dealkylation sites (N-methyl/N-ethyl adjacent to an activating group) is 1. The summed E-state index contributed by atoms with van der Waals surface area (Å²) in [6.07, 6.45) is 3.47. The first-order valence-electron chi connectivity index (χ1n) is 14.1. The number of nitrogens with zero attached hydrogens (tertiary/aromatic N) is 2. The normalized spacial score (nSPS) is 27.1. The molecule has 9 heteroatoms. The van der Waals surface area contributed by atoms with Gasteiger partial charge in [-0.2, -0.15) is 0 Å². The third-order valence-corrected chi connectivity index (χ3v) is 8.27. The molecule has 0 radical (unpaired) electrons. The van der Waals surface area contributed by atoms with E-state index in [0.29, 0.717) is 62.1 Å². The summed E-state index contributed by atoms with van der Waals surface area (Å²) < 4.78 is 23.2. The van der Waals surface area contributed by atoms with Crippen LogP contribution in [0.4, 0.5) is 5.69 Å². The van der Waals surface area contributed by atoms with Gasteiger partial charge in [-0.15, -0.1) is 0 Å². The van der Waals surface area contributed by atoms with Crippen LogP contribution in [0, 0.1) is 17.8 Å². The van der Waals surface area contributed by atoms with Crippen molar-refractivity contribution < 1.29 is 28.5 Å². The molecule has 0 spiro atoms. The minimum atomic E-state index is -0.149. The highest BCUT2D eigenvalue weighted by Gasteiger charge is 2.30. The maximum absolute atomic E-state index is 13.6. The van der Waals surface area contributed by atoms with Crippen molar-refractivity contribution in [2.45, 2.75) is 51.7 Å². The molecule has 1 N–H and O–H groups in total. The Bertz CT molecular complexity index is 931. The lowest BCUT2D eigenvalue weighted by Gasteiger charge is -2.38. The van der Waals surface area contributed by atoms with Crippen LogP contribution in [0.3, 0.4) is 0 Å². The van der Waals surface area contributed by atoms with Gasteiger partial charge < -0.3 is 29.2 Å². The molecule has 2 fully saturated rings. The minimum absolute atomic E-state index is 0.0335. The summed E-state index contributed by atoms with van der Waals surface area (Å²) in [5, 5.41) is 3.01. The number of hydrogen-bond acceptors (Lipinski definition) is 7. The molecule has 3 aliphatic heterocycles. The van der Waals surface area contributed by atoms with Crippen molar-refractivity contribution >= 4 is 17.5 Å². The van der Waals surface area contributed by atoms with Crippen molar-refractivity contribution in [2.75, 3.05) is 72.1 Å². The van der Waals surface area contributed by atoms with Gasteiger partial charge >= 0.3 is 0 Å². The smallest absolute Gasteiger partial charge is 0.257 e. The number of rotatable bonds is 5. The van der Waals surface area contributed by atoms with Crippen LogP contribution in [0.25, 0.3) is 0 Å². The highest BCUT2D eigenvalue weighted by Crippen LogP contribution is 2.28. The van der Waals surface area contributed by atoms with E-state index in [0.717, 1.165) is 39.1 Å². The van der Waals surface area contributed by atoms with Gasteiger partial charge in [-0.05, 0) is 62.6 Å². The first-order valence-corrected chi connectivity index (χ1v) is 14.1. The number of methoxy groups -OCH3 is 1. The highest BCUT2D eigenvalue weighted by molar-refractivity contribution is 5.99. The van der Waals surface area contributed by atoms with Gasteiger partial charge in [0.2, 0.25) is 5.91 Å². The SMILES string of the molecule is CO[C@@H]1CN(C)C(=O)c2cc(NC(=O)C3CCOCC3)ccc2OC[C@@H](C)N(CC2CCOCC2)C[C@H]1C. The van der Waals surface area contributed by atoms with Crippen LogP contribution in [0.15, 0.2) is 18.2 Å². The van der Waals surface area contributed by atoms with Crippen molar-refractivity contribution in [3.05, 3.63) is 23.8 Å². The second-order valence-corrected chi connectivity index (χ2v) is 11.2. The summed E-state index contributed by atoms with van der Waals surface area (Å²) in [5.74, 6) is 1.10. The maximum atomic E-state index is 13.6. The van der Waals surface area contributed by atoms with Crippen molar-refractivity contribution in [2.24, 2.45) is 17.8 Å². The number of carbonyl (C=O) groups is 2. The Morgan fingerprint density at radius 2 is 1.74 bits per heavy atom. The zero-order valence-electron chi connectivity index (χ0n) is 23.4. The van der Waals surface area contributed by atoms with E-state index >= 15 is 0 Å². The van der Waals surface area contributed by atoms with E-state index < -0.39 is 0 Å². The molecular weight excluding hydrogens is 486 g/mol. The summed E-state index contributed by atoms with van der Waals surface area (Å²) in [7, 11) is 3.52. The molecule has 4 rings (SSSR count). The molecule has 3 heterocycles. The molecule has 0 aliphatic carbocycles. The van der Waals surface area contributed by atoms with Crippen LogP contribution in [0.5, 0.6) is 5.75 Å². The standard InChI is InChI=1S/C29H45N3O6/c1-20-16-32(17-22-7-11-36-12-8-22)21(2)19-38-26-6-5-24(30-28(33)23-9-13-37-14-10-23)15-25(26)29(34)31(3)18-27(20)35-4/h5-6,15,20-23,27H,7-14,16-19H2,1-4H3,(H,30,33)/t20-,21-,27-/m1/s1. The number of carbonyl (C=O) groups excluding carboxylic acids is 2. The number of nitrogens with one attached hydrogen (secondary N) is 1. The van der Waals surface area contributed by atoms with Gasteiger partial charge in [0, 0.05) is 77.9 Å². The molecule has 1 aromatic rings. The Labute approximate surface area is 227 Å². The van der Waals surface area contributed by atoms with E-state index in [4.69, 9.17) is 18.9 Å². The molecule has 212 valence electrons. The van der Waals surface area contributed by atoms with Crippen LogP contribution in [0.1, 0.15) is 49.9 Å². The molecule has 2 saturated heterocycles. The number of hydrogen-bond donors (Lipinski definition) is 1. The van der Waals surface area contributed by atoms with Crippen molar-refractivity contribution in [3.63, 3.8) is 0 Å². The maximum Gasteiger partial charge on any atom is 0.257 e. The predicted octanol–water partition coefficient (Wildman–Crippen LogP) is 3.28. The van der Waals surface area contributed by atoms with Gasteiger partial charge in [0.25, 0.3) is 5.91 Å². The van der Waals surface area contributed by atoms with Crippen LogP contribution in [0.2, 0.25) is 0 Å². The number of ether oxygens (including phenoxy) is 4. The number of fused-ring (bicyclic) bond motifs is 1. The van der Waals surface area contributed by atoms with Gasteiger partial charge in [0.05, 0.1) is 11.7 Å².